The van der Waals surface area contributed by atoms with E-state index in [1.165, 1.54) is 29.5 Å². The largest absolute Gasteiger partial charge is 0.352 e. The summed E-state index contributed by atoms with van der Waals surface area (Å²) in [6, 6.07) is 13.8. The predicted molar refractivity (Wildman–Crippen MR) is 123 cm³/mol. The number of aryl methyl sites for hydroxylation is 1. The van der Waals surface area contributed by atoms with Crippen LogP contribution in [0.5, 0.6) is 0 Å². The van der Waals surface area contributed by atoms with Gasteiger partial charge >= 0.3 is 0 Å². The third kappa shape index (κ3) is 6.82. The number of thioether (sulfide) groups is 1. The maximum atomic E-state index is 13.4. The highest BCUT2D eigenvalue weighted by Crippen LogP contribution is 2.22. The van der Waals surface area contributed by atoms with Gasteiger partial charge in [-0.2, -0.15) is 0 Å². The van der Waals surface area contributed by atoms with Crippen LogP contribution in [-0.2, 0) is 16.1 Å². The number of benzene rings is 2. The quantitative estimate of drug-likeness (QED) is 0.550. The molecule has 0 spiro atoms. The van der Waals surface area contributed by atoms with Gasteiger partial charge in [-0.05, 0) is 56.0 Å². The van der Waals surface area contributed by atoms with Crippen LogP contribution in [0.2, 0.25) is 0 Å². The Kier molecular flexibility index (Phi) is 8.52. The van der Waals surface area contributed by atoms with Crippen LogP contribution in [0.3, 0.4) is 0 Å². The number of hydrogen-bond donors (Lipinski definition) is 1. The lowest BCUT2D eigenvalue weighted by Gasteiger charge is -2.31. The number of nitrogens with one attached hydrogen (secondary N) is 1. The number of hydrogen-bond acceptors (Lipinski definition) is 3. The second-order valence-corrected chi connectivity index (χ2v) is 9.21. The van der Waals surface area contributed by atoms with Crippen molar-refractivity contribution in [3.8, 4) is 0 Å². The molecule has 0 heterocycles. The second kappa shape index (κ2) is 11.3. The van der Waals surface area contributed by atoms with Crippen molar-refractivity contribution >= 4 is 23.6 Å². The Hall–Kier alpha value is -2.34. The molecule has 2 amide bonds. The summed E-state index contributed by atoms with van der Waals surface area (Å²) >= 11 is 1.47. The highest BCUT2D eigenvalue weighted by Gasteiger charge is 2.30. The first-order chi connectivity index (χ1) is 15.0. The Balaban J connectivity index is 1.74. The molecule has 4 nitrogen and oxygen atoms in total. The van der Waals surface area contributed by atoms with Crippen molar-refractivity contribution in [2.45, 2.75) is 69.5 Å². The average Bonchev–Trinajstić information content (AvgIpc) is 3.27. The molecule has 31 heavy (non-hydrogen) atoms. The number of carbonyl (C=O) groups excluding carboxylic acids is 2. The van der Waals surface area contributed by atoms with Crippen molar-refractivity contribution < 1.29 is 14.0 Å². The van der Waals surface area contributed by atoms with Gasteiger partial charge < -0.3 is 10.2 Å². The van der Waals surface area contributed by atoms with Crippen LogP contribution in [-0.4, -0.2) is 34.6 Å². The zero-order valence-corrected chi connectivity index (χ0v) is 19.1. The minimum atomic E-state index is -0.545. The lowest BCUT2D eigenvalue weighted by Crippen LogP contribution is -2.51. The summed E-state index contributed by atoms with van der Waals surface area (Å²) in [7, 11) is 0. The molecular formula is C25H31FN2O2S. The Morgan fingerprint density at radius 3 is 2.35 bits per heavy atom. The van der Waals surface area contributed by atoms with Gasteiger partial charge in [-0.1, -0.05) is 49.6 Å². The molecule has 6 heteroatoms. The fourth-order valence-corrected chi connectivity index (χ4v) is 4.72. The molecule has 3 rings (SSSR count). The Morgan fingerprint density at radius 2 is 1.74 bits per heavy atom. The Bertz CT molecular complexity index is 864. The maximum absolute atomic E-state index is 13.4. The van der Waals surface area contributed by atoms with Gasteiger partial charge in [-0.25, -0.2) is 4.39 Å². The molecule has 1 N–H and O–H groups in total. The van der Waals surface area contributed by atoms with Gasteiger partial charge in [0.25, 0.3) is 0 Å². The molecule has 0 aliphatic heterocycles. The van der Waals surface area contributed by atoms with Crippen molar-refractivity contribution in [1.82, 2.24) is 10.2 Å². The molecule has 0 radical (unpaired) electrons. The lowest BCUT2D eigenvalue weighted by atomic mass is 10.1. The lowest BCUT2D eigenvalue weighted by molar-refractivity contribution is -0.139. The van der Waals surface area contributed by atoms with Crippen LogP contribution >= 0.6 is 11.8 Å². The monoisotopic (exact) mass is 442 g/mol. The van der Waals surface area contributed by atoms with Gasteiger partial charge in [0.2, 0.25) is 11.8 Å². The van der Waals surface area contributed by atoms with Gasteiger partial charge in [0, 0.05) is 17.5 Å². The second-order valence-electron chi connectivity index (χ2n) is 8.16. The Morgan fingerprint density at radius 1 is 1.10 bits per heavy atom. The van der Waals surface area contributed by atoms with E-state index in [4.69, 9.17) is 0 Å². The fraction of sp³-hybridized carbons (Fsp3) is 0.440. The van der Waals surface area contributed by atoms with E-state index in [9.17, 15) is 14.0 Å². The van der Waals surface area contributed by atoms with E-state index in [-0.39, 0.29) is 36.0 Å². The molecule has 0 bridgehead atoms. The number of rotatable bonds is 9. The van der Waals surface area contributed by atoms with Crippen LogP contribution in [0, 0.1) is 12.7 Å². The normalized spacial score (nSPS) is 14.9. The summed E-state index contributed by atoms with van der Waals surface area (Å²) in [5.41, 5.74) is 1.98. The van der Waals surface area contributed by atoms with Crippen molar-refractivity contribution in [3.05, 3.63) is 65.5 Å². The number of amides is 2. The van der Waals surface area contributed by atoms with Gasteiger partial charge in [-0.15, -0.1) is 11.8 Å². The average molecular weight is 443 g/mol. The van der Waals surface area contributed by atoms with E-state index in [1.807, 2.05) is 38.1 Å². The zero-order chi connectivity index (χ0) is 22.2. The predicted octanol–water partition coefficient (Wildman–Crippen LogP) is 5.09. The van der Waals surface area contributed by atoms with Crippen molar-refractivity contribution in [1.29, 1.82) is 0 Å². The van der Waals surface area contributed by atoms with Crippen LogP contribution in [0.15, 0.2) is 53.4 Å². The van der Waals surface area contributed by atoms with Gasteiger partial charge in [0.05, 0.1) is 5.75 Å². The number of carbonyl (C=O) groups is 2. The zero-order valence-electron chi connectivity index (χ0n) is 18.3. The van der Waals surface area contributed by atoms with E-state index in [2.05, 4.69) is 5.32 Å². The molecule has 1 fully saturated rings. The standard InChI is InChI=1S/C25H31FN2O2S/c1-3-23(25(30)27-21-6-4-5-7-21)28(16-19-10-12-20(26)13-11-19)24(29)17-31-22-14-8-18(2)9-15-22/h8-15,21,23H,3-7,16-17H2,1-2H3,(H,27,30)/t23-/m0/s1. The van der Waals surface area contributed by atoms with Crippen LogP contribution in [0.4, 0.5) is 4.39 Å². The minimum Gasteiger partial charge on any atom is -0.352 e. The van der Waals surface area contributed by atoms with Crippen LogP contribution in [0.25, 0.3) is 0 Å². The molecule has 1 saturated carbocycles. The summed E-state index contributed by atoms with van der Waals surface area (Å²) in [6.45, 7) is 4.24. The maximum Gasteiger partial charge on any atom is 0.243 e. The molecule has 166 valence electrons. The summed E-state index contributed by atoms with van der Waals surface area (Å²) in [4.78, 5) is 29.0. The molecular weight excluding hydrogens is 411 g/mol. The highest BCUT2D eigenvalue weighted by molar-refractivity contribution is 8.00. The molecule has 2 aromatic rings. The molecule has 0 saturated heterocycles. The minimum absolute atomic E-state index is 0.0924. The summed E-state index contributed by atoms with van der Waals surface area (Å²) in [6.07, 6.45) is 4.79. The van der Waals surface area contributed by atoms with Crippen molar-refractivity contribution in [2.75, 3.05) is 5.75 Å². The highest BCUT2D eigenvalue weighted by atomic mass is 32.2. The van der Waals surface area contributed by atoms with Crippen molar-refractivity contribution in [2.24, 2.45) is 0 Å². The summed E-state index contributed by atoms with van der Waals surface area (Å²) < 4.78 is 13.4. The first kappa shape index (κ1) is 23.3. The third-order valence-electron chi connectivity index (χ3n) is 5.74. The number of nitrogens with zero attached hydrogens (tertiary/aromatic N) is 1. The summed E-state index contributed by atoms with van der Waals surface area (Å²) in [5, 5.41) is 3.14. The molecule has 0 unspecified atom stereocenters. The number of halogens is 1. The Labute approximate surface area is 188 Å². The van der Waals surface area contributed by atoms with Crippen LogP contribution < -0.4 is 5.32 Å². The van der Waals surface area contributed by atoms with E-state index >= 15 is 0 Å². The SMILES string of the molecule is CC[C@@H](C(=O)NC1CCCC1)N(Cc1ccc(F)cc1)C(=O)CSc1ccc(C)cc1. The smallest absolute Gasteiger partial charge is 0.243 e. The summed E-state index contributed by atoms with van der Waals surface area (Å²) in [5.74, 6) is -0.256. The first-order valence-electron chi connectivity index (χ1n) is 11.0. The van der Waals surface area contributed by atoms with Gasteiger partial charge in [-0.3, -0.25) is 9.59 Å². The van der Waals surface area contributed by atoms with E-state index in [0.29, 0.717) is 6.42 Å². The first-order valence-corrected chi connectivity index (χ1v) is 12.0. The van der Waals surface area contributed by atoms with E-state index < -0.39 is 6.04 Å². The molecule has 1 aliphatic rings. The van der Waals surface area contributed by atoms with E-state index in [0.717, 1.165) is 36.1 Å². The third-order valence-corrected chi connectivity index (χ3v) is 6.73. The molecule has 2 aromatic carbocycles. The van der Waals surface area contributed by atoms with Crippen molar-refractivity contribution in [3.63, 3.8) is 0 Å². The van der Waals surface area contributed by atoms with Gasteiger partial charge in [0.1, 0.15) is 11.9 Å². The molecule has 0 aromatic heterocycles. The molecule has 1 atom stereocenters. The van der Waals surface area contributed by atoms with E-state index in [1.54, 1.807) is 17.0 Å². The molecule has 1 aliphatic carbocycles. The fourth-order valence-electron chi connectivity index (χ4n) is 3.94. The van der Waals surface area contributed by atoms with Crippen LogP contribution in [0.1, 0.15) is 50.2 Å². The topological polar surface area (TPSA) is 49.4 Å². The van der Waals surface area contributed by atoms with Gasteiger partial charge in [0.15, 0.2) is 0 Å².